The van der Waals surface area contributed by atoms with E-state index in [1.807, 2.05) is 29.9 Å². The number of aryl methyl sites for hydroxylation is 1. The molecule has 3 rings (SSSR count). The third-order valence-corrected chi connectivity index (χ3v) is 4.02. The topological polar surface area (TPSA) is 59.8 Å². The highest BCUT2D eigenvalue weighted by Gasteiger charge is 2.18. The lowest BCUT2D eigenvalue weighted by atomic mass is 9.94. The van der Waals surface area contributed by atoms with Gasteiger partial charge in [0.15, 0.2) is 0 Å². The van der Waals surface area contributed by atoms with Crippen molar-refractivity contribution in [3.05, 3.63) is 48.4 Å². The van der Waals surface area contributed by atoms with Crippen molar-refractivity contribution >= 4 is 5.91 Å². The molecule has 5 heteroatoms. The minimum absolute atomic E-state index is 0.107. The van der Waals surface area contributed by atoms with Crippen molar-refractivity contribution in [2.45, 2.75) is 25.8 Å². The smallest absolute Gasteiger partial charge is 0.223 e. The summed E-state index contributed by atoms with van der Waals surface area (Å²) in [6.45, 7) is 0.503. The Balaban J connectivity index is 1.64. The van der Waals surface area contributed by atoms with Gasteiger partial charge in [-0.2, -0.15) is 5.10 Å². The molecule has 2 heterocycles. The van der Waals surface area contributed by atoms with Gasteiger partial charge in [0.05, 0.1) is 17.9 Å². The van der Waals surface area contributed by atoms with Crippen LogP contribution in [0.1, 0.15) is 25.0 Å². The minimum atomic E-state index is 0.107. The average Bonchev–Trinajstić information content (AvgIpc) is 2.95. The van der Waals surface area contributed by atoms with Gasteiger partial charge in [0, 0.05) is 30.9 Å². The Labute approximate surface area is 130 Å². The number of allylic oxidation sites excluding steroid dienone is 2. The molecule has 114 valence electrons. The van der Waals surface area contributed by atoms with Crippen LogP contribution in [0.15, 0.2) is 42.7 Å². The molecule has 0 saturated carbocycles. The fourth-order valence-electron chi connectivity index (χ4n) is 2.68. The molecule has 0 bridgehead atoms. The zero-order chi connectivity index (χ0) is 15.4. The van der Waals surface area contributed by atoms with Gasteiger partial charge in [-0.15, -0.1) is 0 Å². The molecule has 1 aliphatic rings. The van der Waals surface area contributed by atoms with Gasteiger partial charge in [0.1, 0.15) is 0 Å². The first-order valence-electron chi connectivity index (χ1n) is 7.60. The standard InChI is InChI=1S/C17H20N4O/c1-21-15(10-16(20-21)14-8-5-9-18-11-14)12-19-17(22)13-6-3-2-4-7-13/h2-3,5,8-11,13H,4,6-7,12H2,1H3,(H,19,22). The molecule has 0 fully saturated rings. The van der Waals surface area contributed by atoms with Crippen LogP contribution in [0, 0.1) is 5.92 Å². The SMILES string of the molecule is Cn1nc(-c2cccnc2)cc1CNC(=O)C1CC=CCC1. The molecule has 1 aliphatic carbocycles. The third-order valence-electron chi connectivity index (χ3n) is 4.02. The maximum Gasteiger partial charge on any atom is 0.223 e. The lowest BCUT2D eigenvalue weighted by Gasteiger charge is -2.17. The van der Waals surface area contributed by atoms with Gasteiger partial charge in [-0.05, 0) is 37.5 Å². The van der Waals surface area contributed by atoms with Crippen LogP contribution in [0.4, 0.5) is 0 Å². The zero-order valence-electron chi connectivity index (χ0n) is 12.7. The Bertz CT molecular complexity index is 675. The van der Waals surface area contributed by atoms with Crippen LogP contribution < -0.4 is 5.32 Å². The van der Waals surface area contributed by atoms with E-state index < -0.39 is 0 Å². The summed E-state index contributed by atoms with van der Waals surface area (Å²) < 4.78 is 1.81. The van der Waals surface area contributed by atoms with Crippen LogP contribution >= 0.6 is 0 Å². The van der Waals surface area contributed by atoms with Crippen LogP contribution in [-0.2, 0) is 18.4 Å². The molecule has 0 aromatic carbocycles. The Morgan fingerprint density at radius 1 is 1.45 bits per heavy atom. The van der Waals surface area contributed by atoms with Gasteiger partial charge >= 0.3 is 0 Å². The second kappa shape index (κ2) is 6.56. The van der Waals surface area contributed by atoms with Crippen LogP contribution in [0.25, 0.3) is 11.3 Å². The molecule has 0 saturated heterocycles. The van der Waals surface area contributed by atoms with E-state index in [-0.39, 0.29) is 11.8 Å². The largest absolute Gasteiger partial charge is 0.350 e. The maximum atomic E-state index is 12.2. The van der Waals surface area contributed by atoms with Crippen LogP contribution in [0.3, 0.4) is 0 Å². The summed E-state index contributed by atoms with van der Waals surface area (Å²) in [7, 11) is 1.89. The molecule has 5 nitrogen and oxygen atoms in total. The fourth-order valence-corrected chi connectivity index (χ4v) is 2.68. The highest BCUT2D eigenvalue weighted by Crippen LogP contribution is 2.19. The Hall–Kier alpha value is -2.43. The quantitative estimate of drug-likeness (QED) is 0.882. The number of nitrogens with zero attached hydrogens (tertiary/aromatic N) is 3. The summed E-state index contributed by atoms with van der Waals surface area (Å²) in [6.07, 6.45) is 10.6. The minimum Gasteiger partial charge on any atom is -0.350 e. The number of carbonyl (C=O) groups excluding carboxylic acids is 1. The fraction of sp³-hybridized carbons (Fsp3) is 0.353. The third kappa shape index (κ3) is 3.24. The molecule has 0 radical (unpaired) electrons. The summed E-state index contributed by atoms with van der Waals surface area (Å²) in [5.41, 5.74) is 2.84. The van der Waals surface area contributed by atoms with E-state index in [0.717, 1.165) is 36.2 Å². The zero-order valence-corrected chi connectivity index (χ0v) is 12.7. The Kier molecular flexibility index (Phi) is 4.32. The number of rotatable bonds is 4. The van der Waals surface area contributed by atoms with E-state index in [1.54, 1.807) is 12.4 Å². The Morgan fingerprint density at radius 3 is 3.09 bits per heavy atom. The molecule has 2 aromatic rings. The summed E-state index contributed by atoms with van der Waals surface area (Å²) >= 11 is 0. The predicted octanol–water partition coefficient (Wildman–Crippen LogP) is 2.45. The first kappa shape index (κ1) is 14.5. The molecule has 1 N–H and O–H groups in total. The first-order valence-corrected chi connectivity index (χ1v) is 7.60. The van der Waals surface area contributed by atoms with Gasteiger partial charge in [-0.25, -0.2) is 0 Å². The van der Waals surface area contributed by atoms with Gasteiger partial charge in [-0.1, -0.05) is 12.2 Å². The molecule has 0 spiro atoms. The number of hydrogen-bond donors (Lipinski definition) is 1. The first-order chi connectivity index (χ1) is 10.7. The monoisotopic (exact) mass is 296 g/mol. The number of carbonyl (C=O) groups is 1. The number of amides is 1. The van der Waals surface area contributed by atoms with Gasteiger partial charge in [0.25, 0.3) is 0 Å². The number of hydrogen-bond acceptors (Lipinski definition) is 3. The van der Waals surface area contributed by atoms with Gasteiger partial charge < -0.3 is 5.32 Å². The van der Waals surface area contributed by atoms with Crippen molar-refractivity contribution in [1.29, 1.82) is 0 Å². The Morgan fingerprint density at radius 2 is 2.36 bits per heavy atom. The highest BCUT2D eigenvalue weighted by molar-refractivity contribution is 5.79. The van der Waals surface area contributed by atoms with E-state index in [4.69, 9.17) is 0 Å². The molecule has 1 unspecified atom stereocenters. The van der Waals surface area contributed by atoms with Crippen molar-refractivity contribution in [1.82, 2.24) is 20.1 Å². The van der Waals surface area contributed by atoms with E-state index in [0.29, 0.717) is 6.54 Å². The van der Waals surface area contributed by atoms with E-state index in [1.165, 1.54) is 0 Å². The average molecular weight is 296 g/mol. The van der Waals surface area contributed by atoms with Crippen molar-refractivity contribution in [3.8, 4) is 11.3 Å². The van der Waals surface area contributed by atoms with Crippen LogP contribution in [0.5, 0.6) is 0 Å². The van der Waals surface area contributed by atoms with Gasteiger partial charge in [-0.3, -0.25) is 14.5 Å². The normalized spacial score (nSPS) is 17.4. The summed E-state index contributed by atoms with van der Waals surface area (Å²) in [5.74, 6) is 0.240. The number of pyridine rings is 1. The molecule has 2 aromatic heterocycles. The lowest BCUT2D eigenvalue weighted by Crippen LogP contribution is -2.31. The number of nitrogens with one attached hydrogen (secondary N) is 1. The van der Waals surface area contributed by atoms with Crippen LogP contribution in [0.2, 0.25) is 0 Å². The number of aromatic nitrogens is 3. The molecule has 1 atom stereocenters. The van der Waals surface area contributed by atoms with Crippen molar-refractivity contribution in [2.24, 2.45) is 13.0 Å². The lowest BCUT2D eigenvalue weighted by molar-refractivity contribution is -0.125. The van der Waals surface area contributed by atoms with E-state index >= 15 is 0 Å². The second-order valence-corrected chi connectivity index (χ2v) is 5.59. The molecule has 0 aliphatic heterocycles. The summed E-state index contributed by atoms with van der Waals surface area (Å²) in [6, 6.07) is 5.87. The second-order valence-electron chi connectivity index (χ2n) is 5.59. The van der Waals surface area contributed by atoms with E-state index in [9.17, 15) is 4.79 Å². The molecular weight excluding hydrogens is 276 g/mol. The molecule has 1 amide bonds. The molecular formula is C17H20N4O. The van der Waals surface area contributed by atoms with Crippen molar-refractivity contribution < 1.29 is 4.79 Å². The van der Waals surface area contributed by atoms with Gasteiger partial charge in [0.2, 0.25) is 5.91 Å². The van der Waals surface area contributed by atoms with Crippen molar-refractivity contribution in [2.75, 3.05) is 0 Å². The summed E-state index contributed by atoms with van der Waals surface area (Å²) in [4.78, 5) is 16.3. The van der Waals surface area contributed by atoms with Crippen LogP contribution in [-0.4, -0.2) is 20.7 Å². The van der Waals surface area contributed by atoms with Crippen molar-refractivity contribution in [3.63, 3.8) is 0 Å². The molecule has 22 heavy (non-hydrogen) atoms. The maximum absolute atomic E-state index is 12.2. The highest BCUT2D eigenvalue weighted by atomic mass is 16.1. The summed E-state index contributed by atoms with van der Waals surface area (Å²) in [5, 5.41) is 7.51. The predicted molar refractivity (Wildman–Crippen MR) is 84.8 cm³/mol. The van der Waals surface area contributed by atoms with E-state index in [2.05, 4.69) is 27.6 Å².